The molecule has 88 valence electrons. The highest BCUT2D eigenvalue weighted by atomic mass is 15.2. The van der Waals surface area contributed by atoms with E-state index in [4.69, 9.17) is 0 Å². The molecule has 1 N–H and O–H groups in total. The van der Waals surface area contributed by atoms with Gasteiger partial charge in [0.2, 0.25) is 0 Å². The molecule has 0 aromatic heterocycles. The highest BCUT2D eigenvalue weighted by Crippen LogP contribution is 2.10. The third-order valence-corrected chi connectivity index (χ3v) is 3.21. The Morgan fingerprint density at radius 2 is 1.88 bits per heavy atom. The van der Waals surface area contributed by atoms with Crippen molar-refractivity contribution in [2.24, 2.45) is 5.92 Å². The van der Waals surface area contributed by atoms with Crippen molar-refractivity contribution in [2.45, 2.75) is 13.3 Å². The highest BCUT2D eigenvalue weighted by molar-refractivity contribution is 5.15. The van der Waals surface area contributed by atoms with Crippen LogP contribution in [0, 0.1) is 5.92 Å². The SMILES string of the molecule is CC(Cc1ccccc1)CN1CCNCC1. The number of rotatable bonds is 4. The van der Waals surface area contributed by atoms with E-state index >= 15 is 0 Å². The van der Waals surface area contributed by atoms with Crippen molar-refractivity contribution >= 4 is 0 Å². The second kappa shape index (κ2) is 6.02. The fraction of sp³-hybridized carbons (Fsp3) is 0.571. The molecule has 1 aromatic rings. The molecule has 1 aliphatic rings. The lowest BCUT2D eigenvalue weighted by atomic mass is 10.0. The normalized spacial score (nSPS) is 19.6. The summed E-state index contributed by atoms with van der Waals surface area (Å²) in [6, 6.07) is 10.8. The lowest BCUT2D eigenvalue weighted by Crippen LogP contribution is -2.45. The standard InChI is InChI=1S/C14H22N2/c1-13(11-14-5-3-2-4-6-14)12-16-9-7-15-8-10-16/h2-6,13,15H,7-12H2,1H3. The van der Waals surface area contributed by atoms with E-state index in [-0.39, 0.29) is 0 Å². The van der Waals surface area contributed by atoms with Crippen molar-refractivity contribution in [3.05, 3.63) is 35.9 Å². The van der Waals surface area contributed by atoms with Gasteiger partial charge in [-0.2, -0.15) is 0 Å². The van der Waals surface area contributed by atoms with Crippen LogP contribution in [-0.2, 0) is 6.42 Å². The Bertz CT molecular complexity index is 291. The van der Waals surface area contributed by atoms with Gasteiger partial charge in [-0.25, -0.2) is 0 Å². The fourth-order valence-corrected chi connectivity index (χ4v) is 2.42. The molecule has 0 bridgehead atoms. The summed E-state index contributed by atoms with van der Waals surface area (Å²) in [6.45, 7) is 8.31. The Kier molecular flexibility index (Phi) is 4.37. The molecule has 16 heavy (non-hydrogen) atoms. The van der Waals surface area contributed by atoms with E-state index in [0.29, 0.717) is 0 Å². The first-order valence-electron chi connectivity index (χ1n) is 6.31. The third-order valence-electron chi connectivity index (χ3n) is 3.21. The molecule has 2 nitrogen and oxygen atoms in total. The van der Waals surface area contributed by atoms with Crippen molar-refractivity contribution in [1.82, 2.24) is 10.2 Å². The minimum Gasteiger partial charge on any atom is -0.314 e. The van der Waals surface area contributed by atoms with Crippen LogP contribution in [0.1, 0.15) is 12.5 Å². The molecule has 1 fully saturated rings. The van der Waals surface area contributed by atoms with Gasteiger partial charge in [0.15, 0.2) is 0 Å². The van der Waals surface area contributed by atoms with Crippen LogP contribution in [0.25, 0.3) is 0 Å². The monoisotopic (exact) mass is 218 g/mol. The highest BCUT2D eigenvalue weighted by Gasteiger charge is 2.13. The minimum atomic E-state index is 0.750. The molecule has 1 heterocycles. The second-order valence-electron chi connectivity index (χ2n) is 4.85. The smallest absolute Gasteiger partial charge is 0.0107 e. The van der Waals surface area contributed by atoms with Crippen molar-refractivity contribution in [1.29, 1.82) is 0 Å². The van der Waals surface area contributed by atoms with Crippen molar-refractivity contribution in [3.63, 3.8) is 0 Å². The summed E-state index contributed by atoms with van der Waals surface area (Å²) in [6.07, 6.45) is 1.20. The van der Waals surface area contributed by atoms with E-state index < -0.39 is 0 Å². The van der Waals surface area contributed by atoms with Crippen LogP contribution in [0.5, 0.6) is 0 Å². The largest absolute Gasteiger partial charge is 0.314 e. The van der Waals surface area contributed by atoms with Gasteiger partial charge in [-0.15, -0.1) is 0 Å². The maximum absolute atomic E-state index is 3.40. The topological polar surface area (TPSA) is 15.3 Å². The van der Waals surface area contributed by atoms with E-state index in [1.54, 1.807) is 0 Å². The minimum absolute atomic E-state index is 0.750. The molecule has 0 radical (unpaired) electrons. The van der Waals surface area contributed by atoms with E-state index in [2.05, 4.69) is 47.5 Å². The molecule has 1 saturated heterocycles. The molecule has 1 unspecified atom stereocenters. The second-order valence-corrected chi connectivity index (χ2v) is 4.85. The van der Waals surface area contributed by atoms with Gasteiger partial charge < -0.3 is 10.2 Å². The maximum Gasteiger partial charge on any atom is 0.0107 e. The van der Waals surface area contributed by atoms with E-state index in [1.807, 2.05) is 0 Å². The summed E-state index contributed by atoms with van der Waals surface area (Å²) < 4.78 is 0. The molecule has 0 saturated carbocycles. The summed E-state index contributed by atoms with van der Waals surface area (Å²) in [7, 11) is 0. The quantitative estimate of drug-likeness (QED) is 0.828. The number of piperazine rings is 1. The predicted molar refractivity (Wildman–Crippen MR) is 68.6 cm³/mol. The Morgan fingerprint density at radius 3 is 2.56 bits per heavy atom. The third kappa shape index (κ3) is 3.62. The Morgan fingerprint density at radius 1 is 1.19 bits per heavy atom. The summed E-state index contributed by atoms with van der Waals surface area (Å²) in [4.78, 5) is 2.57. The first-order valence-corrected chi connectivity index (χ1v) is 6.31. The van der Waals surface area contributed by atoms with Gasteiger partial charge in [-0.1, -0.05) is 37.3 Å². The van der Waals surface area contributed by atoms with Gasteiger partial charge >= 0.3 is 0 Å². The van der Waals surface area contributed by atoms with Crippen molar-refractivity contribution in [3.8, 4) is 0 Å². The van der Waals surface area contributed by atoms with Crippen LogP contribution in [0.4, 0.5) is 0 Å². The first-order chi connectivity index (χ1) is 7.84. The predicted octanol–water partition coefficient (Wildman–Crippen LogP) is 1.77. The van der Waals surface area contributed by atoms with Gasteiger partial charge in [0, 0.05) is 32.7 Å². The van der Waals surface area contributed by atoms with Crippen molar-refractivity contribution < 1.29 is 0 Å². The maximum atomic E-state index is 3.40. The van der Waals surface area contributed by atoms with Crippen LogP contribution in [0.15, 0.2) is 30.3 Å². The molecule has 1 aliphatic heterocycles. The zero-order chi connectivity index (χ0) is 11.2. The van der Waals surface area contributed by atoms with Crippen LogP contribution < -0.4 is 5.32 Å². The Hall–Kier alpha value is -0.860. The zero-order valence-electron chi connectivity index (χ0n) is 10.2. The van der Waals surface area contributed by atoms with Gasteiger partial charge in [0.25, 0.3) is 0 Å². The number of benzene rings is 1. The van der Waals surface area contributed by atoms with Gasteiger partial charge in [-0.3, -0.25) is 0 Å². The summed E-state index contributed by atoms with van der Waals surface area (Å²) in [5.74, 6) is 0.750. The fourth-order valence-electron chi connectivity index (χ4n) is 2.42. The summed E-state index contributed by atoms with van der Waals surface area (Å²) >= 11 is 0. The molecule has 1 atom stereocenters. The molecular formula is C14H22N2. The molecule has 2 rings (SSSR count). The zero-order valence-corrected chi connectivity index (χ0v) is 10.2. The molecule has 1 aromatic carbocycles. The van der Waals surface area contributed by atoms with Gasteiger partial charge in [0.05, 0.1) is 0 Å². The number of hydrogen-bond acceptors (Lipinski definition) is 2. The summed E-state index contributed by atoms with van der Waals surface area (Å²) in [5, 5.41) is 3.40. The molecule has 0 amide bonds. The van der Waals surface area contributed by atoms with Crippen molar-refractivity contribution in [2.75, 3.05) is 32.7 Å². The van der Waals surface area contributed by atoms with Crippen LogP contribution in [0.3, 0.4) is 0 Å². The van der Waals surface area contributed by atoms with E-state index in [1.165, 1.54) is 31.6 Å². The molecule has 2 heteroatoms. The lowest BCUT2D eigenvalue weighted by molar-refractivity contribution is 0.211. The summed E-state index contributed by atoms with van der Waals surface area (Å²) in [5.41, 5.74) is 1.46. The van der Waals surface area contributed by atoms with E-state index in [0.717, 1.165) is 19.0 Å². The Balaban J connectivity index is 1.77. The number of nitrogens with one attached hydrogen (secondary N) is 1. The van der Waals surface area contributed by atoms with Crippen LogP contribution >= 0.6 is 0 Å². The van der Waals surface area contributed by atoms with Crippen LogP contribution in [0.2, 0.25) is 0 Å². The number of nitrogens with zero attached hydrogens (tertiary/aromatic N) is 1. The van der Waals surface area contributed by atoms with Crippen LogP contribution in [-0.4, -0.2) is 37.6 Å². The van der Waals surface area contributed by atoms with Gasteiger partial charge in [0.1, 0.15) is 0 Å². The first kappa shape index (κ1) is 11.6. The lowest BCUT2D eigenvalue weighted by Gasteiger charge is -2.29. The Labute approximate surface area is 98.7 Å². The average Bonchev–Trinajstić information content (AvgIpc) is 2.31. The molecule has 0 spiro atoms. The molecular weight excluding hydrogens is 196 g/mol. The average molecular weight is 218 g/mol. The number of hydrogen-bond donors (Lipinski definition) is 1. The van der Waals surface area contributed by atoms with E-state index in [9.17, 15) is 0 Å². The molecule has 0 aliphatic carbocycles. The van der Waals surface area contributed by atoms with Gasteiger partial charge in [-0.05, 0) is 17.9 Å².